The van der Waals surface area contributed by atoms with Crippen LogP contribution in [0.1, 0.15) is 42.1 Å². The van der Waals surface area contributed by atoms with Gasteiger partial charge in [-0.1, -0.05) is 19.1 Å². The van der Waals surface area contributed by atoms with Crippen molar-refractivity contribution in [3.05, 3.63) is 45.4 Å². The Labute approximate surface area is 145 Å². The predicted molar refractivity (Wildman–Crippen MR) is 95.1 cm³/mol. The number of hydrogen-bond donors (Lipinski definition) is 2. The number of aryl methyl sites for hydroxylation is 1. The second kappa shape index (κ2) is 6.36. The largest absolute Gasteiger partial charge is 0.344 e. The molecule has 6 heteroatoms. The Morgan fingerprint density at radius 2 is 2.25 bits per heavy atom. The second-order valence-electron chi connectivity index (χ2n) is 6.42. The monoisotopic (exact) mass is 343 g/mol. The molecule has 2 amide bonds. The van der Waals surface area contributed by atoms with E-state index >= 15 is 0 Å². The molecule has 5 nitrogen and oxygen atoms in total. The fourth-order valence-electron chi connectivity index (χ4n) is 2.81. The van der Waals surface area contributed by atoms with Crippen LogP contribution in [0.5, 0.6) is 0 Å². The molecule has 2 N–H and O–H groups in total. The fourth-order valence-corrected chi connectivity index (χ4v) is 3.80. The van der Waals surface area contributed by atoms with Gasteiger partial charge in [0.15, 0.2) is 0 Å². The molecule has 1 aromatic heterocycles. The van der Waals surface area contributed by atoms with Gasteiger partial charge in [-0.3, -0.25) is 9.59 Å². The molecule has 0 spiro atoms. The van der Waals surface area contributed by atoms with Gasteiger partial charge in [-0.05, 0) is 37.5 Å². The maximum absolute atomic E-state index is 12.5. The standard InChI is InChI=1S/C18H21N3O2S/c1-4-18(3,17-19-11(2)10-24-17)21-16(23)8-12-5-6-13-9-15(22)20-14(13)7-12/h5-7,10H,4,8-9H2,1-3H3,(H,20,22)(H,21,23)/t18-/m1/s1. The summed E-state index contributed by atoms with van der Waals surface area (Å²) in [5.41, 5.74) is 3.21. The minimum absolute atomic E-state index is 0.00398. The number of fused-ring (bicyclic) bond motifs is 1. The number of thiazole rings is 1. The van der Waals surface area contributed by atoms with Crippen molar-refractivity contribution in [2.24, 2.45) is 0 Å². The molecular formula is C18H21N3O2S. The highest BCUT2D eigenvalue weighted by Gasteiger charge is 2.29. The van der Waals surface area contributed by atoms with Gasteiger partial charge in [0.05, 0.1) is 18.4 Å². The van der Waals surface area contributed by atoms with Gasteiger partial charge in [-0.15, -0.1) is 11.3 Å². The molecule has 1 atom stereocenters. The zero-order chi connectivity index (χ0) is 17.3. The van der Waals surface area contributed by atoms with Crippen LogP contribution in [-0.4, -0.2) is 16.8 Å². The lowest BCUT2D eigenvalue weighted by Crippen LogP contribution is -2.43. The van der Waals surface area contributed by atoms with E-state index in [9.17, 15) is 9.59 Å². The van der Waals surface area contributed by atoms with Crippen LogP contribution in [0.25, 0.3) is 0 Å². The average Bonchev–Trinajstić information content (AvgIpc) is 3.11. The fraction of sp³-hybridized carbons (Fsp3) is 0.389. The number of benzene rings is 1. The van der Waals surface area contributed by atoms with Crippen LogP contribution in [-0.2, 0) is 28.0 Å². The molecule has 0 saturated carbocycles. The van der Waals surface area contributed by atoms with Crippen molar-refractivity contribution in [3.8, 4) is 0 Å². The van der Waals surface area contributed by atoms with Crippen molar-refractivity contribution in [1.82, 2.24) is 10.3 Å². The Bertz CT molecular complexity index is 799. The first-order chi connectivity index (χ1) is 11.4. The summed E-state index contributed by atoms with van der Waals surface area (Å²) in [6, 6.07) is 5.71. The van der Waals surface area contributed by atoms with E-state index in [1.54, 1.807) is 11.3 Å². The highest BCUT2D eigenvalue weighted by atomic mass is 32.1. The summed E-state index contributed by atoms with van der Waals surface area (Å²) >= 11 is 1.57. The molecule has 2 aromatic rings. The van der Waals surface area contributed by atoms with Gasteiger partial charge >= 0.3 is 0 Å². The summed E-state index contributed by atoms with van der Waals surface area (Å²) in [4.78, 5) is 28.5. The summed E-state index contributed by atoms with van der Waals surface area (Å²) in [5, 5.41) is 8.87. The van der Waals surface area contributed by atoms with E-state index in [1.165, 1.54) is 0 Å². The van der Waals surface area contributed by atoms with E-state index in [2.05, 4.69) is 15.6 Å². The van der Waals surface area contributed by atoms with Gasteiger partial charge in [0, 0.05) is 16.8 Å². The minimum atomic E-state index is -0.457. The Morgan fingerprint density at radius 3 is 2.92 bits per heavy atom. The molecule has 1 aliphatic rings. The van der Waals surface area contributed by atoms with Crippen LogP contribution in [0.4, 0.5) is 5.69 Å². The van der Waals surface area contributed by atoms with Gasteiger partial charge in [0.2, 0.25) is 11.8 Å². The molecule has 2 heterocycles. The first-order valence-corrected chi connectivity index (χ1v) is 8.93. The number of carbonyl (C=O) groups excluding carboxylic acids is 2. The van der Waals surface area contributed by atoms with Crippen molar-refractivity contribution in [2.45, 2.75) is 45.6 Å². The van der Waals surface area contributed by atoms with E-state index in [0.717, 1.165) is 33.9 Å². The molecule has 1 aromatic carbocycles. The number of nitrogens with zero attached hydrogens (tertiary/aromatic N) is 1. The van der Waals surface area contributed by atoms with Gasteiger partial charge in [-0.25, -0.2) is 4.98 Å². The van der Waals surface area contributed by atoms with Crippen LogP contribution < -0.4 is 10.6 Å². The molecule has 1 aliphatic heterocycles. The van der Waals surface area contributed by atoms with Crippen LogP contribution in [0, 0.1) is 6.92 Å². The first-order valence-electron chi connectivity index (χ1n) is 8.05. The lowest BCUT2D eigenvalue weighted by atomic mass is 9.98. The molecule has 0 radical (unpaired) electrons. The molecule has 0 fully saturated rings. The molecule has 3 rings (SSSR count). The zero-order valence-electron chi connectivity index (χ0n) is 14.1. The van der Waals surface area contributed by atoms with Crippen LogP contribution in [0.3, 0.4) is 0 Å². The molecule has 0 bridgehead atoms. The summed E-state index contributed by atoms with van der Waals surface area (Å²) in [5.74, 6) is -0.0409. The van der Waals surface area contributed by atoms with Crippen LogP contribution >= 0.6 is 11.3 Å². The normalized spacial score (nSPS) is 15.5. The molecule has 0 saturated heterocycles. The molecule has 0 unspecified atom stereocenters. The predicted octanol–water partition coefficient (Wildman–Crippen LogP) is 2.93. The quantitative estimate of drug-likeness (QED) is 0.877. The Hall–Kier alpha value is -2.21. The summed E-state index contributed by atoms with van der Waals surface area (Å²) in [6.45, 7) is 6.00. The van der Waals surface area contributed by atoms with Crippen molar-refractivity contribution >= 4 is 28.8 Å². The number of nitrogens with one attached hydrogen (secondary N) is 2. The zero-order valence-corrected chi connectivity index (χ0v) is 14.9. The Balaban J connectivity index is 1.71. The average molecular weight is 343 g/mol. The third-order valence-corrected chi connectivity index (χ3v) is 5.60. The third kappa shape index (κ3) is 3.33. The summed E-state index contributed by atoms with van der Waals surface area (Å²) < 4.78 is 0. The Kier molecular flexibility index (Phi) is 4.41. The van der Waals surface area contributed by atoms with Crippen molar-refractivity contribution in [1.29, 1.82) is 0 Å². The van der Waals surface area contributed by atoms with Gasteiger partial charge in [-0.2, -0.15) is 0 Å². The van der Waals surface area contributed by atoms with Gasteiger partial charge < -0.3 is 10.6 Å². The second-order valence-corrected chi connectivity index (χ2v) is 7.28. The van der Waals surface area contributed by atoms with Crippen molar-refractivity contribution < 1.29 is 9.59 Å². The molecule has 126 valence electrons. The maximum Gasteiger partial charge on any atom is 0.228 e. The lowest BCUT2D eigenvalue weighted by Gasteiger charge is -2.27. The molecular weight excluding hydrogens is 322 g/mol. The summed E-state index contributed by atoms with van der Waals surface area (Å²) in [6.07, 6.45) is 1.47. The topological polar surface area (TPSA) is 71.1 Å². The first kappa shape index (κ1) is 16.6. The number of anilines is 1. The molecule has 24 heavy (non-hydrogen) atoms. The smallest absolute Gasteiger partial charge is 0.228 e. The van der Waals surface area contributed by atoms with E-state index < -0.39 is 5.54 Å². The van der Waals surface area contributed by atoms with E-state index in [-0.39, 0.29) is 18.2 Å². The third-order valence-electron chi connectivity index (χ3n) is 4.38. The van der Waals surface area contributed by atoms with E-state index in [0.29, 0.717) is 6.42 Å². The Morgan fingerprint density at radius 1 is 1.46 bits per heavy atom. The van der Waals surface area contributed by atoms with Gasteiger partial charge in [0.25, 0.3) is 0 Å². The number of rotatable bonds is 5. The van der Waals surface area contributed by atoms with E-state index in [1.807, 2.05) is 44.4 Å². The SMILES string of the molecule is CC[C@@](C)(NC(=O)Cc1ccc2c(c1)NC(=O)C2)c1nc(C)cs1. The van der Waals surface area contributed by atoms with Crippen molar-refractivity contribution in [2.75, 3.05) is 5.32 Å². The van der Waals surface area contributed by atoms with Gasteiger partial charge in [0.1, 0.15) is 5.01 Å². The number of aromatic nitrogens is 1. The lowest BCUT2D eigenvalue weighted by molar-refractivity contribution is -0.122. The summed E-state index contributed by atoms with van der Waals surface area (Å²) in [7, 11) is 0. The van der Waals surface area contributed by atoms with Crippen LogP contribution in [0.2, 0.25) is 0 Å². The number of hydrogen-bond acceptors (Lipinski definition) is 4. The highest BCUT2D eigenvalue weighted by molar-refractivity contribution is 7.09. The maximum atomic E-state index is 12.5. The highest BCUT2D eigenvalue weighted by Crippen LogP contribution is 2.28. The van der Waals surface area contributed by atoms with Crippen LogP contribution in [0.15, 0.2) is 23.6 Å². The number of carbonyl (C=O) groups is 2. The van der Waals surface area contributed by atoms with Crippen molar-refractivity contribution in [3.63, 3.8) is 0 Å². The van der Waals surface area contributed by atoms with E-state index in [4.69, 9.17) is 0 Å². The minimum Gasteiger partial charge on any atom is -0.344 e. The number of amides is 2. The molecule has 0 aliphatic carbocycles.